The van der Waals surface area contributed by atoms with Gasteiger partial charge in [0.25, 0.3) is 0 Å². The number of benzene rings is 4. The molecule has 152 valence electrons. The second-order valence-corrected chi connectivity index (χ2v) is 7.57. The minimum atomic E-state index is -0.424. The molecule has 0 aliphatic carbocycles. The number of methoxy groups -OCH3 is 2. The van der Waals surface area contributed by atoms with Gasteiger partial charge in [0, 0.05) is 32.3 Å². The Kier molecular flexibility index (Phi) is 5.54. The Morgan fingerprint density at radius 3 is 1.37 bits per heavy atom. The van der Waals surface area contributed by atoms with Crippen LogP contribution in [0.1, 0.15) is 0 Å². The standard InChI is InChI=1S/C24H16Cl2F2O2/c1-29-23-9-14-10-24(30-2)20(18-12-16(26)4-6-22(18)28)8-13(14)7-19(23)17-11-15(25)3-5-21(17)27/h3-12H,1-2H3. The summed E-state index contributed by atoms with van der Waals surface area (Å²) in [6.45, 7) is 0. The van der Waals surface area contributed by atoms with Crippen LogP contribution < -0.4 is 9.47 Å². The average Bonchev–Trinajstić information content (AvgIpc) is 2.75. The fourth-order valence-corrected chi connectivity index (χ4v) is 3.82. The summed E-state index contributed by atoms with van der Waals surface area (Å²) in [5.41, 5.74) is 1.69. The van der Waals surface area contributed by atoms with Crippen molar-refractivity contribution in [2.24, 2.45) is 0 Å². The summed E-state index contributed by atoms with van der Waals surface area (Å²) in [6, 6.07) is 15.8. The van der Waals surface area contributed by atoms with Crippen molar-refractivity contribution in [1.29, 1.82) is 0 Å². The highest BCUT2D eigenvalue weighted by Crippen LogP contribution is 2.41. The second kappa shape index (κ2) is 8.13. The first-order chi connectivity index (χ1) is 14.4. The smallest absolute Gasteiger partial charge is 0.131 e. The van der Waals surface area contributed by atoms with Gasteiger partial charge in [0.2, 0.25) is 0 Å². The van der Waals surface area contributed by atoms with E-state index < -0.39 is 11.6 Å². The summed E-state index contributed by atoms with van der Waals surface area (Å²) in [5.74, 6) is 0.109. The van der Waals surface area contributed by atoms with Gasteiger partial charge in [0.1, 0.15) is 23.1 Å². The van der Waals surface area contributed by atoms with Crippen LogP contribution in [0.2, 0.25) is 10.0 Å². The maximum atomic E-state index is 14.5. The largest absolute Gasteiger partial charge is 0.496 e. The first-order valence-corrected chi connectivity index (χ1v) is 9.77. The van der Waals surface area contributed by atoms with Gasteiger partial charge in [0.15, 0.2) is 0 Å². The normalized spacial score (nSPS) is 11.0. The molecule has 4 aromatic rings. The molecule has 4 aromatic carbocycles. The molecule has 0 bridgehead atoms. The molecule has 0 heterocycles. The Morgan fingerprint density at radius 2 is 0.967 bits per heavy atom. The molecule has 0 radical (unpaired) electrons. The van der Waals surface area contributed by atoms with Crippen LogP contribution in [0.25, 0.3) is 33.0 Å². The average molecular weight is 445 g/mol. The van der Waals surface area contributed by atoms with E-state index in [-0.39, 0.29) is 0 Å². The van der Waals surface area contributed by atoms with Gasteiger partial charge < -0.3 is 9.47 Å². The van der Waals surface area contributed by atoms with Gasteiger partial charge in [-0.2, -0.15) is 0 Å². The molecular weight excluding hydrogens is 429 g/mol. The van der Waals surface area contributed by atoms with Crippen LogP contribution in [0, 0.1) is 11.6 Å². The van der Waals surface area contributed by atoms with Crippen molar-refractivity contribution >= 4 is 34.0 Å². The van der Waals surface area contributed by atoms with Crippen molar-refractivity contribution in [3.8, 4) is 33.8 Å². The lowest BCUT2D eigenvalue weighted by atomic mass is 9.95. The van der Waals surface area contributed by atoms with Gasteiger partial charge in [0.05, 0.1) is 14.2 Å². The molecule has 0 aliphatic rings. The molecular formula is C24H16Cl2F2O2. The van der Waals surface area contributed by atoms with Crippen molar-refractivity contribution in [1.82, 2.24) is 0 Å². The number of ether oxygens (including phenoxy) is 2. The summed E-state index contributed by atoms with van der Waals surface area (Å²) in [5, 5.41) is 2.36. The van der Waals surface area contributed by atoms with E-state index >= 15 is 0 Å². The predicted octanol–water partition coefficient (Wildman–Crippen LogP) is 7.78. The summed E-state index contributed by atoms with van der Waals surface area (Å²) in [6.07, 6.45) is 0. The van der Waals surface area contributed by atoms with Gasteiger partial charge in [-0.15, -0.1) is 0 Å². The van der Waals surface area contributed by atoms with Crippen LogP contribution >= 0.6 is 23.2 Å². The number of hydrogen-bond donors (Lipinski definition) is 0. The zero-order valence-electron chi connectivity index (χ0n) is 16.1. The van der Waals surface area contributed by atoms with Crippen LogP contribution in [-0.2, 0) is 0 Å². The lowest BCUT2D eigenvalue weighted by Gasteiger charge is -2.15. The molecule has 0 N–H and O–H groups in total. The molecule has 0 saturated carbocycles. The monoisotopic (exact) mass is 444 g/mol. The highest BCUT2D eigenvalue weighted by atomic mass is 35.5. The molecule has 0 saturated heterocycles. The van der Waals surface area contributed by atoms with Crippen molar-refractivity contribution < 1.29 is 18.3 Å². The maximum absolute atomic E-state index is 14.5. The van der Waals surface area contributed by atoms with Gasteiger partial charge in [-0.05, 0) is 71.4 Å². The molecule has 0 fully saturated rings. The first-order valence-electron chi connectivity index (χ1n) is 9.02. The van der Waals surface area contributed by atoms with Crippen LogP contribution in [0.4, 0.5) is 8.78 Å². The third-order valence-corrected chi connectivity index (χ3v) is 5.38. The third-order valence-electron chi connectivity index (χ3n) is 4.91. The van der Waals surface area contributed by atoms with E-state index in [4.69, 9.17) is 32.7 Å². The third kappa shape index (κ3) is 3.69. The number of rotatable bonds is 4. The minimum absolute atomic E-state index is 0.313. The summed E-state index contributed by atoms with van der Waals surface area (Å²) < 4.78 is 40.1. The van der Waals surface area contributed by atoms with E-state index in [0.29, 0.717) is 43.8 Å². The lowest BCUT2D eigenvalue weighted by molar-refractivity contribution is 0.415. The lowest BCUT2D eigenvalue weighted by Crippen LogP contribution is -1.94. The Labute approximate surface area is 182 Å². The summed E-state index contributed by atoms with van der Waals surface area (Å²) in [7, 11) is 3.03. The Morgan fingerprint density at radius 1 is 0.567 bits per heavy atom. The van der Waals surface area contributed by atoms with E-state index in [1.165, 1.54) is 38.5 Å². The fraction of sp³-hybridized carbons (Fsp3) is 0.0833. The van der Waals surface area contributed by atoms with E-state index in [1.807, 2.05) is 0 Å². The van der Waals surface area contributed by atoms with Crippen molar-refractivity contribution in [2.75, 3.05) is 14.2 Å². The SMILES string of the molecule is COc1cc2cc(OC)c(-c3cc(Cl)ccc3F)cc2cc1-c1cc(Cl)ccc1F. The Bertz CT molecular complexity index is 1180. The zero-order valence-corrected chi connectivity index (χ0v) is 17.6. The van der Waals surface area contributed by atoms with E-state index in [9.17, 15) is 8.78 Å². The van der Waals surface area contributed by atoms with Gasteiger partial charge in [-0.3, -0.25) is 0 Å². The van der Waals surface area contributed by atoms with Gasteiger partial charge in [-0.1, -0.05) is 23.2 Å². The highest BCUT2D eigenvalue weighted by Gasteiger charge is 2.17. The molecule has 30 heavy (non-hydrogen) atoms. The van der Waals surface area contributed by atoms with Crippen LogP contribution in [0.15, 0.2) is 60.7 Å². The summed E-state index contributed by atoms with van der Waals surface area (Å²) in [4.78, 5) is 0. The molecule has 0 spiro atoms. The number of hydrogen-bond acceptors (Lipinski definition) is 2. The summed E-state index contributed by atoms with van der Waals surface area (Å²) >= 11 is 12.2. The Balaban J connectivity index is 2.01. The maximum Gasteiger partial charge on any atom is 0.131 e. The number of fused-ring (bicyclic) bond motifs is 1. The second-order valence-electron chi connectivity index (χ2n) is 6.70. The molecule has 0 atom stereocenters. The van der Waals surface area contributed by atoms with E-state index in [0.717, 1.165) is 10.8 Å². The van der Waals surface area contributed by atoms with Crippen LogP contribution in [-0.4, -0.2) is 14.2 Å². The molecule has 4 rings (SSSR count). The molecule has 0 aromatic heterocycles. The minimum Gasteiger partial charge on any atom is -0.496 e. The quantitative estimate of drug-likeness (QED) is 0.319. The van der Waals surface area contributed by atoms with Gasteiger partial charge >= 0.3 is 0 Å². The van der Waals surface area contributed by atoms with Gasteiger partial charge in [-0.25, -0.2) is 8.78 Å². The zero-order chi connectivity index (χ0) is 21.4. The van der Waals surface area contributed by atoms with Crippen molar-refractivity contribution in [2.45, 2.75) is 0 Å². The Hall–Kier alpha value is -2.82. The van der Waals surface area contributed by atoms with Crippen LogP contribution in [0.3, 0.4) is 0 Å². The first kappa shape index (κ1) is 20.5. The molecule has 0 aliphatic heterocycles. The predicted molar refractivity (Wildman–Crippen MR) is 118 cm³/mol. The van der Waals surface area contributed by atoms with E-state index in [2.05, 4.69) is 0 Å². The molecule has 0 amide bonds. The fourth-order valence-electron chi connectivity index (χ4n) is 3.47. The van der Waals surface area contributed by atoms with Crippen LogP contribution in [0.5, 0.6) is 11.5 Å². The molecule has 6 heteroatoms. The molecule has 0 unspecified atom stereocenters. The topological polar surface area (TPSA) is 18.5 Å². The van der Waals surface area contributed by atoms with E-state index in [1.54, 1.807) is 36.4 Å². The van der Waals surface area contributed by atoms with Crippen molar-refractivity contribution in [3.63, 3.8) is 0 Å². The number of halogens is 4. The molecule has 2 nitrogen and oxygen atoms in total. The highest BCUT2D eigenvalue weighted by molar-refractivity contribution is 6.31. The van der Waals surface area contributed by atoms with Crippen molar-refractivity contribution in [3.05, 3.63) is 82.3 Å².